The minimum Gasteiger partial charge on any atom is -0.496 e. The minimum atomic E-state index is 0.597. The molecular weight excluding hydrogens is 330 g/mol. The maximum atomic E-state index is 5.54. The molecule has 0 radical (unpaired) electrons. The highest BCUT2D eigenvalue weighted by Gasteiger charge is 2.02. The molecule has 0 aromatic heterocycles. The van der Waals surface area contributed by atoms with Gasteiger partial charge in [-0.2, -0.15) is 0 Å². The van der Waals surface area contributed by atoms with Crippen molar-refractivity contribution in [3.63, 3.8) is 0 Å². The largest absolute Gasteiger partial charge is 0.496 e. The summed E-state index contributed by atoms with van der Waals surface area (Å²) in [4.78, 5) is 4.53. The molecule has 0 fully saturated rings. The van der Waals surface area contributed by atoms with Gasteiger partial charge in [-0.15, -0.1) is 0 Å². The Morgan fingerprint density at radius 1 is 1.00 bits per heavy atom. The number of hydrogen-bond donors (Lipinski definition) is 2. The molecule has 1 aromatic rings. The van der Waals surface area contributed by atoms with E-state index in [-0.39, 0.29) is 0 Å². The molecule has 6 heteroatoms. The van der Waals surface area contributed by atoms with Gasteiger partial charge in [0.05, 0.1) is 33.5 Å². The second-order valence-corrected chi connectivity index (χ2v) is 5.83. The number of para-hydroxylation sites is 1. The normalized spacial score (nSPS) is 11.4. The van der Waals surface area contributed by atoms with Crippen LogP contribution in [0.1, 0.15) is 32.3 Å². The van der Waals surface area contributed by atoms with Crippen LogP contribution in [-0.4, -0.2) is 59.1 Å². The van der Waals surface area contributed by atoms with E-state index in [0.717, 1.165) is 50.7 Å². The van der Waals surface area contributed by atoms with Crippen LogP contribution in [0.25, 0.3) is 0 Å². The van der Waals surface area contributed by atoms with Crippen LogP contribution >= 0.6 is 0 Å². The van der Waals surface area contributed by atoms with E-state index in [9.17, 15) is 0 Å². The number of hydrogen-bond acceptors (Lipinski definition) is 4. The van der Waals surface area contributed by atoms with Crippen LogP contribution in [0.5, 0.6) is 5.75 Å². The maximum Gasteiger partial charge on any atom is 0.191 e. The number of nitrogens with one attached hydrogen (secondary N) is 2. The smallest absolute Gasteiger partial charge is 0.191 e. The molecule has 2 N–H and O–H groups in total. The zero-order chi connectivity index (χ0) is 18.9. The molecule has 1 rings (SSSR count). The van der Waals surface area contributed by atoms with Gasteiger partial charge < -0.3 is 24.8 Å². The molecule has 0 spiro atoms. The molecular formula is C20H35N3O3. The van der Waals surface area contributed by atoms with Crippen LogP contribution in [0.4, 0.5) is 0 Å². The SMILES string of the molecule is CCCCOCCOCCN=C(NCC)NCCc1ccccc1OC. The average Bonchev–Trinajstić information content (AvgIpc) is 2.67. The van der Waals surface area contributed by atoms with Gasteiger partial charge in [-0.3, -0.25) is 4.99 Å². The van der Waals surface area contributed by atoms with Crippen molar-refractivity contribution in [3.05, 3.63) is 29.8 Å². The number of guanidine groups is 1. The number of ether oxygens (including phenoxy) is 3. The van der Waals surface area contributed by atoms with E-state index in [1.807, 2.05) is 18.2 Å². The predicted molar refractivity (Wildman–Crippen MR) is 107 cm³/mol. The molecule has 0 heterocycles. The highest BCUT2D eigenvalue weighted by Crippen LogP contribution is 2.17. The summed E-state index contributed by atoms with van der Waals surface area (Å²) < 4.78 is 16.4. The first-order chi connectivity index (χ1) is 12.8. The molecule has 6 nitrogen and oxygen atoms in total. The minimum absolute atomic E-state index is 0.597. The Bertz CT molecular complexity index is 495. The van der Waals surface area contributed by atoms with Crippen molar-refractivity contribution in [1.82, 2.24) is 10.6 Å². The first kappa shape index (κ1) is 22.3. The average molecular weight is 366 g/mol. The van der Waals surface area contributed by atoms with Gasteiger partial charge >= 0.3 is 0 Å². The molecule has 148 valence electrons. The molecule has 0 saturated heterocycles. The summed E-state index contributed by atoms with van der Waals surface area (Å²) in [6, 6.07) is 8.08. The highest BCUT2D eigenvalue weighted by atomic mass is 16.5. The third-order valence-corrected chi connectivity index (χ3v) is 3.74. The highest BCUT2D eigenvalue weighted by molar-refractivity contribution is 5.79. The van der Waals surface area contributed by atoms with Gasteiger partial charge in [-0.1, -0.05) is 31.5 Å². The van der Waals surface area contributed by atoms with E-state index in [2.05, 4.69) is 35.5 Å². The second-order valence-electron chi connectivity index (χ2n) is 5.83. The van der Waals surface area contributed by atoms with Crippen molar-refractivity contribution in [2.24, 2.45) is 4.99 Å². The molecule has 0 aliphatic heterocycles. The fraction of sp³-hybridized carbons (Fsp3) is 0.650. The Hall–Kier alpha value is -1.79. The number of aliphatic imine (C=N–C) groups is 1. The monoisotopic (exact) mass is 365 g/mol. The van der Waals surface area contributed by atoms with Crippen LogP contribution in [0.2, 0.25) is 0 Å². The third kappa shape index (κ3) is 10.3. The van der Waals surface area contributed by atoms with Gasteiger partial charge in [-0.05, 0) is 31.4 Å². The van der Waals surface area contributed by atoms with Crippen molar-refractivity contribution in [2.45, 2.75) is 33.1 Å². The topological polar surface area (TPSA) is 64.1 Å². The predicted octanol–water partition coefficient (Wildman–Crippen LogP) is 2.63. The van der Waals surface area contributed by atoms with Crippen LogP contribution in [0.15, 0.2) is 29.3 Å². The molecule has 0 bridgehead atoms. The maximum absolute atomic E-state index is 5.54. The molecule has 0 aliphatic carbocycles. The number of benzene rings is 1. The lowest BCUT2D eigenvalue weighted by molar-refractivity contribution is 0.0497. The fourth-order valence-corrected chi connectivity index (χ4v) is 2.36. The molecule has 0 amide bonds. The standard InChI is InChI=1S/C20H35N3O3/c1-4-6-14-25-16-17-26-15-13-23-20(21-5-2)22-12-11-18-9-7-8-10-19(18)24-3/h7-10H,4-6,11-17H2,1-3H3,(H2,21,22,23). The molecule has 0 saturated carbocycles. The molecule has 0 unspecified atom stereocenters. The number of rotatable bonds is 14. The van der Waals surface area contributed by atoms with Crippen molar-refractivity contribution < 1.29 is 14.2 Å². The molecule has 0 aliphatic rings. The lowest BCUT2D eigenvalue weighted by Gasteiger charge is -2.12. The third-order valence-electron chi connectivity index (χ3n) is 3.74. The summed E-state index contributed by atoms with van der Waals surface area (Å²) in [5.41, 5.74) is 1.18. The van der Waals surface area contributed by atoms with E-state index < -0.39 is 0 Å². The number of unbranched alkanes of at least 4 members (excludes halogenated alkanes) is 1. The van der Waals surface area contributed by atoms with E-state index in [4.69, 9.17) is 14.2 Å². The first-order valence-electron chi connectivity index (χ1n) is 9.61. The zero-order valence-corrected chi connectivity index (χ0v) is 16.6. The fourth-order valence-electron chi connectivity index (χ4n) is 2.36. The summed E-state index contributed by atoms with van der Waals surface area (Å²) in [5, 5.41) is 6.60. The van der Waals surface area contributed by atoms with Crippen molar-refractivity contribution in [2.75, 3.05) is 53.2 Å². The molecule has 26 heavy (non-hydrogen) atoms. The van der Waals surface area contributed by atoms with Crippen molar-refractivity contribution in [1.29, 1.82) is 0 Å². The summed E-state index contributed by atoms with van der Waals surface area (Å²) in [5.74, 6) is 1.73. The van der Waals surface area contributed by atoms with E-state index in [1.54, 1.807) is 7.11 Å². The van der Waals surface area contributed by atoms with Gasteiger partial charge in [-0.25, -0.2) is 0 Å². The number of methoxy groups -OCH3 is 1. The summed E-state index contributed by atoms with van der Waals surface area (Å²) in [6.45, 7) is 9.15. The summed E-state index contributed by atoms with van der Waals surface area (Å²) in [6.07, 6.45) is 3.14. The lowest BCUT2D eigenvalue weighted by atomic mass is 10.1. The van der Waals surface area contributed by atoms with Gasteiger partial charge in [0.2, 0.25) is 0 Å². The van der Waals surface area contributed by atoms with Crippen molar-refractivity contribution in [3.8, 4) is 5.75 Å². The van der Waals surface area contributed by atoms with Crippen molar-refractivity contribution >= 4 is 5.96 Å². The zero-order valence-electron chi connectivity index (χ0n) is 16.6. The van der Waals surface area contributed by atoms with E-state index >= 15 is 0 Å². The van der Waals surface area contributed by atoms with E-state index in [0.29, 0.717) is 26.4 Å². The van der Waals surface area contributed by atoms with Crippen LogP contribution in [0.3, 0.4) is 0 Å². The Kier molecular flexibility index (Phi) is 13.2. The lowest BCUT2D eigenvalue weighted by Crippen LogP contribution is -2.38. The van der Waals surface area contributed by atoms with Crippen LogP contribution in [0, 0.1) is 0 Å². The van der Waals surface area contributed by atoms with E-state index in [1.165, 1.54) is 5.56 Å². The summed E-state index contributed by atoms with van der Waals surface area (Å²) >= 11 is 0. The van der Waals surface area contributed by atoms with Crippen LogP contribution in [-0.2, 0) is 15.9 Å². The van der Waals surface area contributed by atoms with Gasteiger partial charge in [0.1, 0.15) is 5.75 Å². The number of nitrogens with zero attached hydrogens (tertiary/aromatic N) is 1. The van der Waals surface area contributed by atoms with Crippen LogP contribution < -0.4 is 15.4 Å². The van der Waals surface area contributed by atoms with Gasteiger partial charge in [0.25, 0.3) is 0 Å². The van der Waals surface area contributed by atoms with Gasteiger partial charge in [0.15, 0.2) is 5.96 Å². The quantitative estimate of drug-likeness (QED) is 0.301. The van der Waals surface area contributed by atoms with Gasteiger partial charge in [0, 0.05) is 19.7 Å². The Balaban J connectivity index is 2.22. The Labute approximate surface area is 158 Å². The Morgan fingerprint density at radius 2 is 1.77 bits per heavy atom. The molecule has 0 atom stereocenters. The summed E-state index contributed by atoms with van der Waals surface area (Å²) in [7, 11) is 1.70. The first-order valence-corrected chi connectivity index (χ1v) is 9.61. The molecule has 1 aromatic carbocycles. The second kappa shape index (κ2) is 15.5. The Morgan fingerprint density at radius 3 is 2.50 bits per heavy atom.